The van der Waals surface area contributed by atoms with Crippen molar-refractivity contribution in [2.75, 3.05) is 32.2 Å². The summed E-state index contributed by atoms with van der Waals surface area (Å²) >= 11 is 0. The topological polar surface area (TPSA) is 98.6 Å². The SMILES string of the molecule is COc1ccc(C2=CN=C3C(Nc4ccc(C(=O)CCCCOCCCC5CCOC5=O)c(C)c4)=N/C=C\CCC23)cc1. The number of fused-ring (bicyclic) bond motifs is 1. The van der Waals surface area contributed by atoms with Crippen LogP contribution in [0, 0.1) is 18.8 Å². The van der Waals surface area contributed by atoms with Crippen LogP contribution in [0.4, 0.5) is 5.69 Å². The number of esters is 1. The lowest BCUT2D eigenvalue weighted by atomic mass is 9.86. The Kier molecular flexibility index (Phi) is 10.6. The van der Waals surface area contributed by atoms with Crippen molar-refractivity contribution in [3.05, 3.63) is 77.6 Å². The van der Waals surface area contributed by atoms with E-state index in [-0.39, 0.29) is 23.6 Å². The van der Waals surface area contributed by atoms with Crippen molar-refractivity contribution in [3.63, 3.8) is 0 Å². The molecule has 1 fully saturated rings. The zero-order valence-corrected chi connectivity index (χ0v) is 25.1. The summed E-state index contributed by atoms with van der Waals surface area (Å²) in [5, 5.41) is 3.48. The highest BCUT2D eigenvalue weighted by Crippen LogP contribution is 2.35. The van der Waals surface area contributed by atoms with Gasteiger partial charge in [-0.15, -0.1) is 0 Å². The number of methoxy groups -OCH3 is 1. The molecular weight excluding hydrogens is 542 g/mol. The van der Waals surface area contributed by atoms with Crippen LogP contribution in [0.5, 0.6) is 5.75 Å². The van der Waals surface area contributed by atoms with E-state index < -0.39 is 0 Å². The third-order valence-electron chi connectivity index (χ3n) is 8.26. The summed E-state index contributed by atoms with van der Waals surface area (Å²) in [6.07, 6.45) is 12.4. The van der Waals surface area contributed by atoms with Crippen molar-refractivity contribution >= 4 is 34.6 Å². The molecule has 226 valence electrons. The summed E-state index contributed by atoms with van der Waals surface area (Å²) in [7, 11) is 1.67. The highest BCUT2D eigenvalue weighted by atomic mass is 16.5. The number of hydrogen-bond acceptors (Lipinski definition) is 8. The van der Waals surface area contributed by atoms with Gasteiger partial charge in [0.25, 0.3) is 0 Å². The van der Waals surface area contributed by atoms with Gasteiger partial charge >= 0.3 is 5.97 Å². The summed E-state index contributed by atoms with van der Waals surface area (Å²) in [6, 6.07) is 14.0. The standard InChI is InChI=1S/C35H41N3O5/c1-24-22-27(13-16-29(24)32(39)10-4-6-19-42-20-7-8-26-17-21-43-35(26)40)38-34-33-30(9-3-5-18-36-34)31(23-37-33)25-11-14-28(41-2)15-12-25/h5,11-16,18,22-23,26,30H,3-4,6-10,17,19-21H2,1-2H3,(H,36,38)/b18-5-. The van der Waals surface area contributed by atoms with Crippen LogP contribution in [0.1, 0.15) is 72.9 Å². The van der Waals surface area contributed by atoms with Crippen molar-refractivity contribution in [3.8, 4) is 5.75 Å². The summed E-state index contributed by atoms with van der Waals surface area (Å²) in [5.74, 6) is 1.80. The zero-order valence-electron chi connectivity index (χ0n) is 25.1. The first-order chi connectivity index (χ1) is 21.0. The second kappa shape index (κ2) is 14.9. The fraction of sp³-hybridized carbons (Fsp3) is 0.429. The summed E-state index contributed by atoms with van der Waals surface area (Å²) in [4.78, 5) is 34.0. The fourth-order valence-corrected chi connectivity index (χ4v) is 5.82. The van der Waals surface area contributed by atoms with E-state index in [4.69, 9.17) is 24.2 Å². The van der Waals surface area contributed by atoms with Crippen LogP contribution in [-0.4, -0.2) is 50.2 Å². The Balaban J connectivity index is 1.10. The molecule has 3 aliphatic heterocycles. The van der Waals surface area contributed by atoms with Gasteiger partial charge in [-0.25, -0.2) is 4.99 Å². The van der Waals surface area contributed by atoms with Crippen molar-refractivity contribution in [2.45, 2.75) is 58.3 Å². The molecule has 0 saturated carbocycles. The van der Waals surface area contributed by atoms with Crippen molar-refractivity contribution in [1.29, 1.82) is 0 Å². The lowest BCUT2D eigenvalue weighted by molar-refractivity contribution is -0.141. The maximum Gasteiger partial charge on any atom is 0.309 e. The van der Waals surface area contributed by atoms with E-state index in [0.717, 1.165) is 84.6 Å². The summed E-state index contributed by atoms with van der Waals surface area (Å²) in [6.45, 7) is 3.78. The van der Waals surface area contributed by atoms with Crippen LogP contribution >= 0.6 is 0 Å². The third kappa shape index (κ3) is 7.87. The Morgan fingerprint density at radius 1 is 1.05 bits per heavy atom. The van der Waals surface area contributed by atoms with E-state index in [0.29, 0.717) is 26.2 Å². The van der Waals surface area contributed by atoms with E-state index in [1.54, 1.807) is 7.11 Å². The molecule has 1 N–H and O–H groups in total. The van der Waals surface area contributed by atoms with Crippen molar-refractivity contribution in [2.24, 2.45) is 21.8 Å². The van der Waals surface area contributed by atoms with E-state index in [9.17, 15) is 9.59 Å². The number of ether oxygens (including phenoxy) is 3. The van der Waals surface area contributed by atoms with Gasteiger partial charge in [0.15, 0.2) is 11.6 Å². The molecular formula is C35H41N3O5. The first-order valence-electron chi connectivity index (χ1n) is 15.3. The van der Waals surface area contributed by atoms with Crippen LogP contribution in [-0.2, 0) is 14.3 Å². The number of cyclic esters (lactones) is 1. The monoisotopic (exact) mass is 583 g/mol. The Labute approximate surface area is 253 Å². The minimum absolute atomic E-state index is 0.0379. The van der Waals surface area contributed by atoms with Gasteiger partial charge in [-0.2, -0.15) is 0 Å². The number of carbonyl (C=O) groups is 2. The molecule has 2 atom stereocenters. The number of Topliss-reactive ketones (excluding diaryl/α,β-unsaturated/α-hetero) is 1. The molecule has 2 unspecified atom stereocenters. The van der Waals surface area contributed by atoms with Gasteiger partial charge in [-0.3, -0.25) is 14.6 Å². The van der Waals surface area contributed by atoms with Gasteiger partial charge in [-0.05, 0) is 98.9 Å². The second-order valence-electron chi connectivity index (χ2n) is 11.3. The highest BCUT2D eigenvalue weighted by Gasteiger charge is 2.30. The average molecular weight is 584 g/mol. The molecule has 2 aromatic rings. The molecule has 0 aliphatic carbocycles. The minimum Gasteiger partial charge on any atom is -0.497 e. The number of carbonyl (C=O) groups excluding carboxylic acids is 2. The van der Waals surface area contributed by atoms with Crippen LogP contribution in [0.3, 0.4) is 0 Å². The number of rotatable bonds is 13. The maximum atomic E-state index is 13.0. The lowest BCUT2D eigenvalue weighted by Crippen LogP contribution is -2.29. The fourth-order valence-electron chi connectivity index (χ4n) is 5.82. The number of nitrogens with zero attached hydrogens (tertiary/aromatic N) is 2. The largest absolute Gasteiger partial charge is 0.497 e. The molecule has 0 bridgehead atoms. The molecule has 8 nitrogen and oxygen atoms in total. The van der Waals surface area contributed by atoms with Crippen LogP contribution in [0.15, 0.2) is 70.9 Å². The van der Waals surface area contributed by atoms with E-state index in [1.807, 2.05) is 49.7 Å². The van der Waals surface area contributed by atoms with Gasteiger partial charge in [0, 0.05) is 49.2 Å². The van der Waals surface area contributed by atoms with Crippen LogP contribution in [0.2, 0.25) is 0 Å². The quantitative estimate of drug-likeness (QED) is 0.156. The molecule has 3 aliphatic rings. The number of hydrogen-bond donors (Lipinski definition) is 1. The van der Waals surface area contributed by atoms with E-state index >= 15 is 0 Å². The molecule has 0 amide bonds. The molecule has 8 heteroatoms. The number of nitrogens with one attached hydrogen (secondary N) is 1. The predicted octanol–water partition coefficient (Wildman–Crippen LogP) is 6.95. The minimum atomic E-state index is -0.0723. The number of amidine groups is 1. The highest BCUT2D eigenvalue weighted by molar-refractivity contribution is 6.48. The summed E-state index contributed by atoms with van der Waals surface area (Å²) < 4.78 is 16.0. The molecule has 0 radical (unpaired) electrons. The Hall–Kier alpha value is -4.04. The average Bonchev–Trinajstić information content (AvgIpc) is 3.61. The number of anilines is 1. The normalized spacial score (nSPS) is 20.2. The second-order valence-corrected chi connectivity index (χ2v) is 11.3. The van der Waals surface area contributed by atoms with Crippen LogP contribution in [0.25, 0.3) is 5.57 Å². The Bertz CT molecular complexity index is 1420. The molecule has 3 heterocycles. The van der Waals surface area contributed by atoms with Gasteiger partial charge in [0.2, 0.25) is 0 Å². The van der Waals surface area contributed by atoms with E-state index in [2.05, 4.69) is 23.5 Å². The van der Waals surface area contributed by atoms with Gasteiger partial charge in [0.05, 0.1) is 25.3 Å². The van der Waals surface area contributed by atoms with Crippen molar-refractivity contribution < 1.29 is 23.8 Å². The van der Waals surface area contributed by atoms with Gasteiger partial charge in [-0.1, -0.05) is 18.2 Å². The number of aryl methyl sites for hydroxylation is 1. The molecule has 5 rings (SSSR count). The van der Waals surface area contributed by atoms with Crippen molar-refractivity contribution in [1.82, 2.24) is 0 Å². The first-order valence-corrected chi connectivity index (χ1v) is 15.3. The van der Waals surface area contributed by atoms with Gasteiger partial charge in [0.1, 0.15) is 5.75 Å². The molecule has 1 saturated heterocycles. The molecule has 0 aromatic heterocycles. The Morgan fingerprint density at radius 2 is 1.88 bits per heavy atom. The maximum absolute atomic E-state index is 13.0. The smallest absolute Gasteiger partial charge is 0.309 e. The number of ketones is 1. The first kappa shape index (κ1) is 30.4. The Morgan fingerprint density at radius 3 is 2.65 bits per heavy atom. The third-order valence-corrected chi connectivity index (χ3v) is 8.26. The van der Waals surface area contributed by atoms with E-state index in [1.165, 1.54) is 5.57 Å². The number of benzene rings is 2. The molecule has 0 spiro atoms. The lowest BCUT2D eigenvalue weighted by Gasteiger charge is -2.21. The summed E-state index contributed by atoms with van der Waals surface area (Å²) in [5.41, 5.74) is 5.79. The molecule has 43 heavy (non-hydrogen) atoms. The number of unbranched alkanes of at least 4 members (excludes halogenated alkanes) is 1. The van der Waals surface area contributed by atoms with Gasteiger partial charge < -0.3 is 19.5 Å². The molecule has 2 aromatic carbocycles. The predicted molar refractivity (Wildman–Crippen MR) is 170 cm³/mol. The number of aliphatic imine (C=N–C) groups is 2. The number of allylic oxidation sites excluding steroid dienone is 2. The van der Waals surface area contributed by atoms with Crippen LogP contribution < -0.4 is 10.1 Å². The zero-order chi connectivity index (χ0) is 30.0.